The summed E-state index contributed by atoms with van der Waals surface area (Å²) in [5.74, 6) is -1.85. The predicted octanol–water partition coefficient (Wildman–Crippen LogP) is 1.78. The number of amides is 4. The number of urea groups is 1. The Kier molecular flexibility index (Phi) is 6.43. The standard InChI is InChI=1S/C18H22ClN3O5/c1-4-18(3)16(25)22(17(26)21-18)9-15(24)27-10-14(23)20-11(2)12-6-5-7-13(19)8-12/h5-8,11H,4,9-10H2,1-3H3,(H,20,23)(H,21,26)/t11-,18-/m0/s1. The van der Waals surface area contributed by atoms with Crippen LogP contribution in [0.5, 0.6) is 0 Å². The van der Waals surface area contributed by atoms with Crippen LogP contribution in [-0.2, 0) is 19.1 Å². The van der Waals surface area contributed by atoms with E-state index in [1.165, 1.54) is 0 Å². The molecule has 1 fully saturated rings. The average molecular weight is 396 g/mol. The van der Waals surface area contributed by atoms with Crippen molar-refractivity contribution < 1.29 is 23.9 Å². The third-order valence-electron chi connectivity index (χ3n) is 4.43. The van der Waals surface area contributed by atoms with Crippen LogP contribution in [0.1, 0.15) is 38.8 Å². The minimum Gasteiger partial charge on any atom is -0.454 e. The van der Waals surface area contributed by atoms with Gasteiger partial charge in [0, 0.05) is 5.02 Å². The number of rotatable bonds is 7. The molecule has 1 saturated heterocycles. The number of benzene rings is 1. The molecule has 9 heteroatoms. The van der Waals surface area contributed by atoms with Crippen LogP contribution in [0.4, 0.5) is 4.79 Å². The van der Waals surface area contributed by atoms with Gasteiger partial charge in [0.05, 0.1) is 6.04 Å². The zero-order valence-corrected chi connectivity index (χ0v) is 16.1. The largest absolute Gasteiger partial charge is 0.454 e. The molecule has 1 aromatic rings. The molecule has 0 saturated carbocycles. The van der Waals surface area contributed by atoms with Crippen molar-refractivity contribution in [2.24, 2.45) is 0 Å². The predicted molar refractivity (Wildman–Crippen MR) is 97.9 cm³/mol. The van der Waals surface area contributed by atoms with E-state index in [1.54, 1.807) is 39.0 Å². The lowest BCUT2D eigenvalue weighted by Crippen LogP contribution is -2.43. The summed E-state index contributed by atoms with van der Waals surface area (Å²) in [6, 6.07) is 6.04. The first-order valence-electron chi connectivity index (χ1n) is 8.51. The van der Waals surface area contributed by atoms with Gasteiger partial charge in [0.25, 0.3) is 11.8 Å². The second-order valence-corrected chi connectivity index (χ2v) is 6.95. The molecule has 2 rings (SSSR count). The summed E-state index contributed by atoms with van der Waals surface area (Å²) >= 11 is 5.92. The number of halogens is 1. The summed E-state index contributed by atoms with van der Waals surface area (Å²) in [5, 5.41) is 5.76. The number of hydrogen-bond acceptors (Lipinski definition) is 5. The molecule has 1 aromatic carbocycles. The highest BCUT2D eigenvalue weighted by Crippen LogP contribution is 2.20. The van der Waals surface area contributed by atoms with Crippen LogP contribution in [0.25, 0.3) is 0 Å². The summed E-state index contributed by atoms with van der Waals surface area (Å²) in [6.45, 7) is 4.05. The fourth-order valence-corrected chi connectivity index (χ4v) is 2.79. The van der Waals surface area contributed by atoms with Crippen molar-refractivity contribution in [3.63, 3.8) is 0 Å². The maximum atomic E-state index is 12.2. The van der Waals surface area contributed by atoms with E-state index in [4.69, 9.17) is 16.3 Å². The molecule has 0 spiro atoms. The van der Waals surface area contributed by atoms with Crippen LogP contribution in [0.2, 0.25) is 5.02 Å². The van der Waals surface area contributed by atoms with E-state index in [9.17, 15) is 19.2 Å². The minimum atomic E-state index is -1.03. The van der Waals surface area contributed by atoms with Crippen LogP contribution >= 0.6 is 11.6 Å². The Morgan fingerprint density at radius 2 is 2.07 bits per heavy atom. The molecular weight excluding hydrogens is 374 g/mol. The number of imide groups is 1. The van der Waals surface area contributed by atoms with Gasteiger partial charge in [-0.1, -0.05) is 30.7 Å². The topological polar surface area (TPSA) is 105 Å². The molecule has 2 N–H and O–H groups in total. The molecule has 0 radical (unpaired) electrons. The van der Waals surface area contributed by atoms with Crippen molar-refractivity contribution in [3.05, 3.63) is 34.9 Å². The SMILES string of the molecule is CC[C@]1(C)NC(=O)N(CC(=O)OCC(=O)N[C@@H](C)c2cccc(Cl)c2)C1=O. The van der Waals surface area contributed by atoms with Crippen molar-refractivity contribution >= 4 is 35.4 Å². The van der Waals surface area contributed by atoms with E-state index in [2.05, 4.69) is 10.6 Å². The molecule has 0 aliphatic carbocycles. The van der Waals surface area contributed by atoms with E-state index >= 15 is 0 Å². The molecular formula is C18H22ClN3O5. The van der Waals surface area contributed by atoms with Crippen molar-refractivity contribution in [3.8, 4) is 0 Å². The highest BCUT2D eigenvalue weighted by atomic mass is 35.5. The Labute approximate surface area is 162 Å². The first-order chi connectivity index (χ1) is 12.7. The van der Waals surface area contributed by atoms with Gasteiger partial charge in [0.15, 0.2) is 6.61 Å². The smallest absolute Gasteiger partial charge is 0.326 e. The first kappa shape index (κ1) is 20.7. The summed E-state index contributed by atoms with van der Waals surface area (Å²) in [4.78, 5) is 48.7. The average Bonchev–Trinajstić information content (AvgIpc) is 2.83. The second-order valence-electron chi connectivity index (χ2n) is 6.51. The lowest BCUT2D eigenvalue weighted by atomic mass is 9.99. The molecule has 2 atom stereocenters. The molecule has 8 nitrogen and oxygen atoms in total. The van der Waals surface area contributed by atoms with Gasteiger partial charge in [-0.15, -0.1) is 0 Å². The molecule has 4 amide bonds. The summed E-state index contributed by atoms with van der Waals surface area (Å²) < 4.78 is 4.87. The number of ether oxygens (including phenoxy) is 1. The van der Waals surface area contributed by atoms with E-state index < -0.39 is 42.5 Å². The Balaban J connectivity index is 1.82. The highest BCUT2D eigenvalue weighted by Gasteiger charge is 2.47. The zero-order valence-electron chi connectivity index (χ0n) is 15.4. The van der Waals surface area contributed by atoms with Crippen molar-refractivity contribution in [1.82, 2.24) is 15.5 Å². The van der Waals surface area contributed by atoms with Gasteiger partial charge in [-0.2, -0.15) is 0 Å². The van der Waals surface area contributed by atoms with E-state index in [0.717, 1.165) is 10.5 Å². The summed E-state index contributed by atoms with van der Waals surface area (Å²) in [5.41, 5.74) is -0.221. The van der Waals surface area contributed by atoms with Gasteiger partial charge < -0.3 is 15.4 Å². The van der Waals surface area contributed by atoms with Crippen LogP contribution in [0.3, 0.4) is 0 Å². The van der Waals surface area contributed by atoms with Gasteiger partial charge in [0.2, 0.25) is 0 Å². The maximum Gasteiger partial charge on any atom is 0.326 e. The number of esters is 1. The molecule has 1 aliphatic heterocycles. The molecule has 146 valence electrons. The fourth-order valence-electron chi connectivity index (χ4n) is 2.59. The second kappa shape index (κ2) is 8.39. The van der Waals surface area contributed by atoms with Gasteiger partial charge in [-0.25, -0.2) is 4.79 Å². The Morgan fingerprint density at radius 1 is 1.37 bits per heavy atom. The number of carbonyl (C=O) groups is 4. The van der Waals surface area contributed by atoms with E-state index in [1.807, 2.05) is 6.07 Å². The molecule has 0 aromatic heterocycles. The van der Waals surface area contributed by atoms with Gasteiger partial charge in [0.1, 0.15) is 12.1 Å². The van der Waals surface area contributed by atoms with E-state index in [-0.39, 0.29) is 6.04 Å². The van der Waals surface area contributed by atoms with Crippen LogP contribution in [-0.4, -0.2) is 47.4 Å². The molecule has 27 heavy (non-hydrogen) atoms. The Bertz CT molecular complexity index is 769. The fraction of sp³-hybridized carbons (Fsp3) is 0.444. The Morgan fingerprint density at radius 3 is 2.67 bits per heavy atom. The normalized spacial score (nSPS) is 20.2. The first-order valence-corrected chi connectivity index (χ1v) is 8.88. The third-order valence-corrected chi connectivity index (χ3v) is 4.66. The maximum absolute atomic E-state index is 12.2. The monoisotopic (exact) mass is 395 g/mol. The number of nitrogens with zero attached hydrogens (tertiary/aromatic N) is 1. The third kappa shape index (κ3) is 4.97. The Hall–Kier alpha value is -2.61. The summed E-state index contributed by atoms with van der Waals surface area (Å²) in [7, 11) is 0. The van der Waals surface area contributed by atoms with Crippen LogP contribution < -0.4 is 10.6 Å². The number of hydrogen-bond donors (Lipinski definition) is 2. The summed E-state index contributed by atoms with van der Waals surface area (Å²) in [6.07, 6.45) is 0.396. The van der Waals surface area contributed by atoms with Crippen molar-refractivity contribution in [2.45, 2.75) is 38.8 Å². The zero-order chi connectivity index (χ0) is 20.2. The van der Waals surface area contributed by atoms with Crippen LogP contribution in [0.15, 0.2) is 24.3 Å². The van der Waals surface area contributed by atoms with Gasteiger partial charge in [-0.3, -0.25) is 19.3 Å². The quantitative estimate of drug-likeness (QED) is 0.541. The number of carbonyl (C=O) groups excluding carboxylic acids is 4. The van der Waals surface area contributed by atoms with Crippen LogP contribution in [0, 0.1) is 0 Å². The van der Waals surface area contributed by atoms with Gasteiger partial charge in [-0.05, 0) is 38.0 Å². The van der Waals surface area contributed by atoms with Crippen molar-refractivity contribution in [1.29, 1.82) is 0 Å². The number of nitrogens with one attached hydrogen (secondary N) is 2. The van der Waals surface area contributed by atoms with E-state index in [0.29, 0.717) is 11.4 Å². The molecule has 1 heterocycles. The minimum absolute atomic E-state index is 0.328. The lowest BCUT2D eigenvalue weighted by molar-refractivity contribution is -0.151. The van der Waals surface area contributed by atoms with Crippen molar-refractivity contribution in [2.75, 3.05) is 13.2 Å². The molecule has 0 bridgehead atoms. The van der Waals surface area contributed by atoms with Gasteiger partial charge >= 0.3 is 12.0 Å². The molecule has 1 aliphatic rings. The highest BCUT2D eigenvalue weighted by molar-refractivity contribution is 6.30. The lowest BCUT2D eigenvalue weighted by Gasteiger charge is -2.19. The molecule has 0 unspecified atom stereocenters.